The molecule has 0 aromatic heterocycles. The molecule has 0 fully saturated rings. The fourth-order valence-corrected chi connectivity index (χ4v) is 1.27. The zero-order valence-corrected chi connectivity index (χ0v) is 10.1. The van der Waals surface area contributed by atoms with Gasteiger partial charge >= 0.3 is 27.3 Å². The lowest BCUT2D eigenvalue weighted by Gasteiger charge is -2.23. The summed E-state index contributed by atoms with van der Waals surface area (Å²) in [5, 5.41) is 2.66. The molecule has 0 aromatic carbocycles. The zero-order chi connectivity index (χ0) is 15.5. The molecular formula is C8H10F4O6S. The van der Waals surface area contributed by atoms with E-state index in [1.807, 2.05) is 0 Å². The Balaban J connectivity index is 4.49. The van der Waals surface area contributed by atoms with Crippen LogP contribution in [0.3, 0.4) is 0 Å². The quantitative estimate of drug-likeness (QED) is 0.302. The molecule has 0 radical (unpaired) electrons. The second kappa shape index (κ2) is 5.84. The molecule has 2 N–H and O–H groups in total. The van der Waals surface area contributed by atoms with Gasteiger partial charge < -0.3 is 9.84 Å². The third kappa shape index (κ3) is 4.44. The van der Waals surface area contributed by atoms with Crippen molar-refractivity contribution in [3.63, 3.8) is 0 Å². The molecular weight excluding hydrogens is 300 g/mol. The summed E-state index contributed by atoms with van der Waals surface area (Å²) in [6, 6.07) is 0. The first-order valence-corrected chi connectivity index (χ1v) is 5.98. The topological polar surface area (TPSA) is 101 Å². The Morgan fingerprint density at radius 2 is 1.74 bits per heavy atom. The summed E-state index contributed by atoms with van der Waals surface area (Å²) in [5.74, 6) is -6.53. The monoisotopic (exact) mass is 310 g/mol. The molecule has 0 aliphatic carbocycles. The summed E-state index contributed by atoms with van der Waals surface area (Å²) in [6.07, 6.45) is -1.73. The number of carboxylic acid groups (broad SMARTS) is 1. The van der Waals surface area contributed by atoms with Crippen LogP contribution in [0, 0.1) is 0 Å². The highest BCUT2D eigenvalue weighted by molar-refractivity contribution is 7.87. The number of hydrogen-bond donors (Lipinski definition) is 2. The molecule has 0 atom stereocenters. The predicted molar refractivity (Wildman–Crippen MR) is 53.7 cm³/mol. The molecule has 112 valence electrons. The van der Waals surface area contributed by atoms with Crippen LogP contribution in [0.2, 0.25) is 0 Å². The van der Waals surface area contributed by atoms with Crippen molar-refractivity contribution in [1.82, 2.24) is 0 Å². The number of rotatable bonds is 8. The fraction of sp³-hybridized carbons (Fsp3) is 0.625. The van der Waals surface area contributed by atoms with Crippen LogP contribution in [0.1, 0.15) is 6.42 Å². The molecule has 6 nitrogen and oxygen atoms in total. The molecule has 0 aliphatic heterocycles. The highest BCUT2D eigenvalue weighted by Gasteiger charge is 2.65. The molecule has 0 spiro atoms. The van der Waals surface area contributed by atoms with Crippen LogP contribution in [0.4, 0.5) is 17.6 Å². The van der Waals surface area contributed by atoms with Crippen molar-refractivity contribution >= 4 is 16.1 Å². The molecule has 0 aromatic rings. The number of carboxylic acids is 1. The van der Waals surface area contributed by atoms with E-state index in [0.717, 1.165) is 0 Å². The standard InChI is InChI=1S/C8H10F4O6S/c1-5(6(13)14)4-18-3-2-7(9,10)8(11,12)19(15,16)17/h1-4H2,(H,13,14)(H,15,16,17). The average Bonchev–Trinajstić information content (AvgIpc) is 2.21. The first kappa shape index (κ1) is 17.8. The van der Waals surface area contributed by atoms with Crippen molar-refractivity contribution in [2.75, 3.05) is 13.2 Å². The zero-order valence-electron chi connectivity index (χ0n) is 9.28. The summed E-state index contributed by atoms with van der Waals surface area (Å²) in [5.41, 5.74) is -0.496. The summed E-state index contributed by atoms with van der Waals surface area (Å²) >= 11 is 0. The van der Waals surface area contributed by atoms with Gasteiger partial charge in [-0.25, -0.2) is 4.79 Å². The van der Waals surface area contributed by atoms with E-state index in [1.54, 1.807) is 0 Å². The van der Waals surface area contributed by atoms with E-state index >= 15 is 0 Å². The largest absolute Gasteiger partial charge is 0.478 e. The fourth-order valence-electron chi connectivity index (χ4n) is 0.792. The van der Waals surface area contributed by atoms with Crippen LogP contribution in [0.15, 0.2) is 12.2 Å². The minimum absolute atomic E-state index is 0.496. The molecule has 0 amide bonds. The van der Waals surface area contributed by atoms with Crippen LogP contribution in [-0.2, 0) is 19.6 Å². The summed E-state index contributed by atoms with van der Waals surface area (Å²) in [4.78, 5) is 10.2. The van der Waals surface area contributed by atoms with Gasteiger partial charge in [-0.05, 0) is 0 Å². The van der Waals surface area contributed by atoms with Crippen LogP contribution in [0.25, 0.3) is 0 Å². The Hall–Kier alpha value is -1.20. The van der Waals surface area contributed by atoms with Gasteiger partial charge in [-0.15, -0.1) is 0 Å². The molecule has 11 heteroatoms. The molecule has 0 rings (SSSR count). The molecule has 0 bridgehead atoms. The van der Waals surface area contributed by atoms with Crippen LogP contribution in [-0.4, -0.2) is 48.4 Å². The van der Waals surface area contributed by atoms with Gasteiger partial charge in [-0.3, -0.25) is 4.55 Å². The summed E-state index contributed by atoms with van der Waals surface area (Å²) < 4.78 is 83.7. The number of alkyl halides is 4. The van der Waals surface area contributed by atoms with Gasteiger partial charge in [-0.1, -0.05) is 6.58 Å². The number of halogens is 4. The third-order valence-corrected chi connectivity index (χ3v) is 2.84. The normalized spacial score (nSPS) is 13.3. The molecule has 0 unspecified atom stereocenters. The van der Waals surface area contributed by atoms with E-state index in [4.69, 9.17) is 9.66 Å². The van der Waals surface area contributed by atoms with Crippen LogP contribution >= 0.6 is 0 Å². The number of carbonyl (C=O) groups is 1. The lowest BCUT2D eigenvalue weighted by atomic mass is 10.2. The Bertz CT molecular complexity index is 458. The molecule has 0 saturated heterocycles. The lowest BCUT2D eigenvalue weighted by Crippen LogP contribution is -2.47. The van der Waals surface area contributed by atoms with Gasteiger partial charge in [0.05, 0.1) is 18.8 Å². The van der Waals surface area contributed by atoms with E-state index in [0.29, 0.717) is 0 Å². The molecule has 0 heterocycles. The Morgan fingerprint density at radius 3 is 2.11 bits per heavy atom. The van der Waals surface area contributed by atoms with E-state index in [1.165, 1.54) is 0 Å². The van der Waals surface area contributed by atoms with Gasteiger partial charge in [0.1, 0.15) is 0 Å². The lowest BCUT2D eigenvalue weighted by molar-refractivity contribution is -0.170. The van der Waals surface area contributed by atoms with Crippen molar-refractivity contribution in [3.8, 4) is 0 Å². The summed E-state index contributed by atoms with van der Waals surface area (Å²) in [6.45, 7) is 1.24. The first-order valence-electron chi connectivity index (χ1n) is 4.54. The number of hydrogen-bond acceptors (Lipinski definition) is 4. The van der Waals surface area contributed by atoms with E-state index in [9.17, 15) is 30.8 Å². The van der Waals surface area contributed by atoms with Gasteiger partial charge in [0.2, 0.25) is 0 Å². The van der Waals surface area contributed by atoms with Crippen molar-refractivity contribution in [3.05, 3.63) is 12.2 Å². The van der Waals surface area contributed by atoms with Gasteiger partial charge in [0.25, 0.3) is 0 Å². The SMILES string of the molecule is C=C(COCCC(F)(F)C(F)(F)S(=O)(=O)O)C(=O)O. The van der Waals surface area contributed by atoms with Gasteiger partial charge in [0.15, 0.2) is 0 Å². The minimum Gasteiger partial charge on any atom is -0.478 e. The second-order valence-electron chi connectivity index (χ2n) is 3.41. The Kier molecular flexibility index (Phi) is 5.47. The van der Waals surface area contributed by atoms with E-state index < -0.39 is 52.5 Å². The third-order valence-electron chi connectivity index (χ3n) is 1.89. The smallest absolute Gasteiger partial charge is 0.431 e. The van der Waals surface area contributed by atoms with E-state index in [2.05, 4.69) is 11.3 Å². The van der Waals surface area contributed by atoms with Crippen molar-refractivity contribution in [2.45, 2.75) is 17.6 Å². The second-order valence-corrected chi connectivity index (χ2v) is 4.87. The van der Waals surface area contributed by atoms with Crippen molar-refractivity contribution in [2.24, 2.45) is 0 Å². The highest BCUT2D eigenvalue weighted by atomic mass is 32.2. The minimum atomic E-state index is -6.28. The summed E-state index contributed by atoms with van der Waals surface area (Å²) in [7, 11) is -6.28. The van der Waals surface area contributed by atoms with Gasteiger partial charge in [-0.2, -0.15) is 26.0 Å². The Labute approximate surface area is 105 Å². The highest BCUT2D eigenvalue weighted by Crippen LogP contribution is 2.40. The van der Waals surface area contributed by atoms with Crippen LogP contribution < -0.4 is 0 Å². The van der Waals surface area contributed by atoms with Gasteiger partial charge in [0, 0.05) is 6.42 Å². The first-order chi connectivity index (χ1) is 8.33. The maximum absolute atomic E-state index is 12.9. The molecule has 0 aliphatic rings. The molecule has 0 saturated carbocycles. The Morgan fingerprint density at radius 1 is 1.26 bits per heavy atom. The van der Waals surface area contributed by atoms with Crippen LogP contribution in [0.5, 0.6) is 0 Å². The number of ether oxygens (including phenoxy) is 1. The van der Waals surface area contributed by atoms with Crippen molar-refractivity contribution in [1.29, 1.82) is 0 Å². The average molecular weight is 310 g/mol. The van der Waals surface area contributed by atoms with Crippen molar-refractivity contribution < 1.29 is 45.2 Å². The maximum atomic E-state index is 12.9. The maximum Gasteiger partial charge on any atom is 0.431 e. The predicted octanol–water partition coefficient (Wildman–Crippen LogP) is 1.15. The number of aliphatic carboxylic acids is 1. The van der Waals surface area contributed by atoms with E-state index in [-0.39, 0.29) is 0 Å². The molecule has 19 heavy (non-hydrogen) atoms.